The van der Waals surface area contributed by atoms with Gasteiger partial charge < -0.3 is 14.4 Å². The monoisotopic (exact) mass is 511 g/mol. The molecule has 8 heteroatoms. The Hall–Kier alpha value is -3.12. The minimum Gasteiger partial charge on any atom is -0.435 e. The Morgan fingerprint density at radius 3 is 2.44 bits per heavy atom. The average molecular weight is 512 g/mol. The number of halogens is 1. The minimum absolute atomic E-state index is 0.135. The fourth-order valence-corrected chi connectivity index (χ4v) is 5.50. The molecule has 190 valence electrons. The molecule has 3 aromatic rings. The predicted octanol–water partition coefficient (Wildman–Crippen LogP) is 6.59. The number of carbonyl (C=O) groups excluding carboxylic acids is 1. The van der Waals surface area contributed by atoms with E-state index in [1.807, 2.05) is 50.2 Å². The highest BCUT2D eigenvalue weighted by molar-refractivity contribution is 7.39. The summed E-state index contributed by atoms with van der Waals surface area (Å²) in [6, 6.07) is 15.9. The van der Waals surface area contributed by atoms with Crippen molar-refractivity contribution < 1.29 is 28.1 Å². The molecule has 0 saturated heterocycles. The number of esters is 1. The normalized spacial score (nSPS) is 13.8. The van der Waals surface area contributed by atoms with Crippen LogP contribution in [0.15, 0.2) is 67.4 Å². The van der Waals surface area contributed by atoms with Gasteiger partial charge in [-0.2, -0.15) is 0 Å². The molecule has 36 heavy (non-hydrogen) atoms. The molecule has 6 nitrogen and oxygen atoms in total. The number of hydrogen-bond donors (Lipinski definition) is 1. The molecule has 3 atom stereocenters. The first-order valence-corrected chi connectivity index (χ1v) is 13.0. The Balaban J connectivity index is 2.37. The molecule has 0 aliphatic rings. The lowest BCUT2D eigenvalue weighted by atomic mass is 9.87. The lowest BCUT2D eigenvalue weighted by Gasteiger charge is -2.28. The standard InChI is InChI=1S/C28H31FNO5P/c1-6-35-25(32)16-24(31)28(36(33)34-5)26-22(21-13-12-20(29)14-18(21)4)15-23(30-27(26)17(2)3)19-10-8-7-9-11-19/h6-15,17,24,28,31,36H,1,16H2,2-5H3. The average Bonchev–Trinajstić information content (AvgIpc) is 2.84. The van der Waals surface area contributed by atoms with E-state index in [9.17, 15) is 18.9 Å². The second-order valence-electron chi connectivity index (χ2n) is 8.76. The second-order valence-corrected chi connectivity index (χ2v) is 10.4. The van der Waals surface area contributed by atoms with Crippen LogP contribution in [0.3, 0.4) is 0 Å². The van der Waals surface area contributed by atoms with Gasteiger partial charge in [-0.25, -0.2) is 4.39 Å². The number of rotatable bonds is 10. The van der Waals surface area contributed by atoms with Gasteiger partial charge in [-0.1, -0.05) is 56.8 Å². The van der Waals surface area contributed by atoms with E-state index >= 15 is 0 Å². The fourth-order valence-electron chi connectivity index (χ4n) is 4.27. The molecule has 3 unspecified atom stereocenters. The maximum absolute atomic E-state index is 14.0. The van der Waals surface area contributed by atoms with Gasteiger partial charge in [-0.3, -0.25) is 14.3 Å². The number of ether oxygens (including phenoxy) is 1. The zero-order valence-electron chi connectivity index (χ0n) is 20.8. The van der Waals surface area contributed by atoms with Gasteiger partial charge in [0.25, 0.3) is 0 Å². The maximum Gasteiger partial charge on any atom is 0.313 e. The van der Waals surface area contributed by atoms with Gasteiger partial charge in [0.15, 0.2) is 0 Å². The Morgan fingerprint density at radius 1 is 1.17 bits per heavy atom. The van der Waals surface area contributed by atoms with Gasteiger partial charge in [0.1, 0.15) is 5.82 Å². The van der Waals surface area contributed by atoms with Gasteiger partial charge in [-0.05, 0) is 53.3 Å². The molecule has 0 amide bonds. The van der Waals surface area contributed by atoms with Crippen LogP contribution in [-0.2, 0) is 18.6 Å². The molecule has 0 aliphatic heterocycles. The highest BCUT2D eigenvalue weighted by Gasteiger charge is 2.35. The van der Waals surface area contributed by atoms with Crippen LogP contribution < -0.4 is 0 Å². The van der Waals surface area contributed by atoms with Crippen LogP contribution >= 0.6 is 8.03 Å². The molecule has 3 rings (SSSR count). The highest BCUT2D eigenvalue weighted by atomic mass is 31.1. The smallest absolute Gasteiger partial charge is 0.313 e. The first-order chi connectivity index (χ1) is 17.2. The first-order valence-electron chi connectivity index (χ1n) is 11.6. The number of aliphatic hydroxyl groups is 1. The van der Waals surface area contributed by atoms with Gasteiger partial charge in [0, 0.05) is 18.4 Å². The van der Waals surface area contributed by atoms with Gasteiger partial charge in [0.2, 0.25) is 8.03 Å². The summed E-state index contributed by atoms with van der Waals surface area (Å²) in [6.45, 7) is 9.04. The third-order valence-electron chi connectivity index (χ3n) is 5.92. The van der Waals surface area contributed by atoms with Crippen LogP contribution in [-0.4, -0.2) is 29.3 Å². The van der Waals surface area contributed by atoms with Crippen molar-refractivity contribution in [2.24, 2.45) is 0 Å². The van der Waals surface area contributed by atoms with Gasteiger partial charge in [0.05, 0.1) is 30.1 Å². The Kier molecular flexibility index (Phi) is 9.32. The van der Waals surface area contributed by atoms with Crippen molar-refractivity contribution in [1.29, 1.82) is 0 Å². The first kappa shape index (κ1) is 27.5. The van der Waals surface area contributed by atoms with E-state index in [4.69, 9.17) is 14.2 Å². The Bertz CT molecular complexity index is 1260. The molecule has 0 fully saturated rings. The fraction of sp³-hybridized carbons (Fsp3) is 0.286. The topological polar surface area (TPSA) is 85.7 Å². The molecule has 0 aliphatic carbocycles. The van der Waals surface area contributed by atoms with Crippen molar-refractivity contribution in [3.8, 4) is 22.4 Å². The summed E-state index contributed by atoms with van der Waals surface area (Å²) >= 11 is 0. The SMILES string of the molecule is C=COC(=O)CC(O)C(c1c(-c2ccc(F)cc2C)cc(-c2ccccc2)nc1C(C)C)[PH](=O)OC. The summed E-state index contributed by atoms with van der Waals surface area (Å²) in [6.07, 6.45) is -0.826. The van der Waals surface area contributed by atoms with E-state index in [0.29, 0.717) is 33.6 Å². The highest BCUT2D eigenvalue weighted by Crippen LogP contribution is 2.51. The second kappa shape index (κ2) is 12.2. The van der Waals surface area contributed by atoms with E-state index in [1.54, 1.807) is 13.0 Å². The number of nitrogens with zero attached hydrogens (tertiary/aromatic N) is 1. The Labute approximate surface area is 211 Å². The number of aromatic nitrogens is 1. The summed E-state index contributed by atoms with van der Waals surface area (Å²) < 4.78 is 37.3. The van der Waals surface area contributed by atoms with E-state index in [0.717, 1.165) is 11.8 Å². The summed E-state index contributed by atoms with van der Waals surface area (Å²) in [7, 11) is -1.61. The zero-order valence-corrected chi connectivity index (χ0v) is 21.8. The number of benzene rings is 2. The van der Waals surface area contributed by atoms with Crippen LogP contribution in [0.1, 0.15) is 48.7 Å². The van der Waals surface area contributed by atoms with Gasteiger partial charge in [-0.15, -0.1) is 0 Å². The number of aliphatic hydroxyl groups excluding tert-OH is 1. The Morgan fingerprint density at radius 2 is 1.86 bits per heavy atom. The third kappa shape index (κ3) is 6.16. The molecule has 1 aromatic heterocycles. The van der Waals surface area contributed by atoms with Crippen molar-refractivity contribution in [1.82, 2.24) is 4.98 Å². The van der Waals surface area contributed by atoms with E-state index in [1.165, 1.54) is 19.2 Å². The zero-order chi connectivity index (χ0) is 26.4. The minimum atomic E-state index is -2.91. The third-order valence-corrected chi connectivity index (χ3v) is 7.51. The number of aryl methyl sites for hydroxylation is 1. The molecular formula is C28H31FNO5P. The van der Waals surface area contributed by atoms with E-state index in [2.05, 4.69) is 6.58 Å². The van der Waals surface area contributed by atoms with Crippen molar-refractivity contribution in [2.45, 2.75) is 44.9 Å². The van der Waals surface area contributed by atoms with Crippen LogP contribution in [0.2, 0.25) is 0 Å². The predicted molar refractivity (Wildman–Crippen MR) is 140 cm³/mol. The summed E-state index contributed by atoms with van der Waals surface area (Å²) in [5, 5.41) is 11.2. The molecule has 1 heterocycles. The number of pyridine rings is 1. The van der Waals surface area contributed by atoms with Gasteiger partial charge >= 0.3 is 5.97 Å². The van der Waals surface area contributed by atoms with Crippen molar-refractivity contribution >= 4 is 14.0 Å². The van der Waals surface area contributed by atoms with Crippen molar-refractivity contribution in [3.05, 3.63) is 90.1 Å². The lowest BCUT2D eigenvalue weighted by Crippen LogP contribution is -2.23. The summed E-state index contributed by atoms with van der Waals surface area (Å²) in [5.41, 5.74) is 3.59. The lowest BCUT2D eigenvalue weighted by molar-refractivity contribution is -0.140. The number of carbonyl (C=O) groups is 1. The molecule has 0 saturated carbocycles. The molecule has 0 radical (unpaired) electrons. The summed E-state index contributed by atoms with van der Waals surface area (Å²) in [5.74, 6) is -1.23. The molecule has 2 aromatic carbocycles. The van der Waals surface area contributed by atoms with Crippen molar-refractivity contribution in [3.63, 3.8) is 0 Å². The maximum atomic E-state index is 14.0. The largest absolute Gasteiger partial charge is 0.435 e. The molecule has 0 bridgehead atoms. The van der Waals surface area contributed by atoms with Crippen LogP contribution in [0.4, 0.5) is 4.39 Å². The van der Waals surface area contributed by atoms with Crippen LogP contribution in [0.25, 0.3) is 22.4 Å². The van der Waals surface area contributed by atoms with E-state index in [-0.39, 0.29) is 11.7 Å². The van der Waals surface area contributed by atoms with E-state index < -0.39 is 32.2 Å². The van der Waals surface area contributed by atoms with Crippen LogP contribution in [0.5, 0.6) is 0 Å². The molecule has 1 N–H and O–H groups in total. The quantitative estimate of drug-likeness (QED) is 0.188. The molecular weight excluding hydrogens is 480 g/mol. The van der Waals surface area contributed by atoms with Crippen molar-refractivity contribution in [2.75, 3.05) is 7.11 Å². The molecule has 0 spiro atoms. The summed E-state index contributed by atoms with van der Waals surface area (Å²) in [4.78, 5) is 17.1. The number of hydrogen-bond acceptors (Lipinski definition) is 6. The van der Waals surface area contributed by atoms with Crippen LogP contribution in [0, 0.1) is 12.7 Å².